The third-order valence-corrected chi connectivity index (χ3v) is 2.63. The molecule has 2 aromatic heterocycles. The van der Waals surface area contributed by atoms with Crippen LogP contribution in [0.3, 0.4) is 0 Å². The molecule has 0 atom stereocenters. The van der Waals surface area contributed by atoms with E-state index in [0.29, 0.717) is 11.1 Å². The van der Waals surface area contributed by atoms with E-state index in [-0.39, 0.29) is 17.9 Å². The smallest absolute Gasteiger partial charge is 0.265 e. The van der Waals surface area contributed by atoms with E-state index in [1.165, 1.54) is 16.8 Å². The highest BCUT2D eigenvalue weighted by Crippen LogP contribution is 2.03. The maximum atomic E-state index is 11.7. The van der Waals surface area contributed by atoms with Gasteiger partial charge in [-0.15, -0.1) is 0 Å². The Kier molecular flexibility index (Phi) is 3.60. The number of aromatic nitrogens is 3. The first-order valence-corrected chi connectivity index (χ1v) is 5.60. The largest absolute Gasteiger partial charge is 0.319 e. The molecule has 20 heavy (non-hydrogen) atoms. The highest BCUT2D eigenvalue weighted by molar-refractivity contribution is 5.25. The molecule has 0 saturated heterocycles. The second-order valence-corrected chi connectivity index (χ2v) is 4.12. The highest BCUT2D eigenvalue weighted by atomic mass is 16.7. The summed E-state index contributed by atoms with van der Waals surface area (Å²) in [6.45, 7) is 0. The van der Waals surface area contributed by atoms with E-state index in [0.717, 1.165) is 0 Å². The summed E-state index contributed by atoms with van der Waals surface area (Å²) >= 11 is 0. The first-order chi connectivity index (χ1) is 9.45. The Morgan fingerprint density at radius 1 is 1.50 bits per heavy atom. The number of hydrogen-bond donors (Lipinski definition) is 2. The van der Waals surface area contributed by atoms with Gasteiger partial charge in [0.15, 0.2) is 5.03 Å². The molecule has 0 amide bonds. The number of rotatable bonds is 4. The van der Waals surface area contributed by atoms with E-state index < -0.39 is 10.6 Å². The maximum absolute atomic E-state index is 11.7. The van der Waals surface area contributed by atoms with Gasteiger partial charge in [-0.3, -0.25) is 14.6 Å². The van der Waals surface area contributed by atoms with E-state index in [1.54, 1.807) is 24.7 Å². The lowest BCUT2D eigenvalue weighted by atomic mass is 10.1. The number of aryl methyl sites for hydroxylation is 1. The average Bonchev–Trinajstić information content (AvgIpc) is 2.36. The van der Waals surface area contributed by atoms with Crippen molar-refractivity contribution in [1.82, 2.24) is 14.5 Å². The summed E-state index contributed by atoms with van der Waals surface area (Å²) in [5.74, 6) is -0.243. The summed E-state index contributed by atoms with van der Waals surface area (Å²) in [5.41, 5.74) is 2.05. The summed E-state index contributed by atoms with van der Waals surface area (Å²) in [5, 5.41) is 9.40. The van der Waals surface area contributed by atoms with E-state index in [4.69, 9.17) is 0 Å². The topological polar surface area (TPSA) is 123 Å². The molecular weight excluding hydrogens is 266 g/mol. The van der Waals surface area contributed by atoms with Crippen LogP contribution in [0.4, 0.5) is 5.95 Å². The third kappa shape index (κ3) is 3.07. The molecule has 9 nitrogen and oxygen atoms in total. The number of H-pyrrole nitrogens is 1. The van der Waals surface area contributed by atoms with E-state index in [2.05, 4.69) is 9.97 Å². The van der Waals surface area contributed by atoms with Crippen molar-refractivity contribution in [2.45, 2.75) is 6.42 Å². The van der Waals surface area contributed by atoms with Gasteiger partial charge < -0.3 is 4.57 Å². The Bertz CT molecular complexity index is 764. The van der Waals surface area contributed by atoms with Crippen molar-refractivity contribution in [1.29, 1.82) is 0 Å². The SMILES string of the molecule is Cn1ccc(Cc2cnc(N[N+](=O)[O-])[nH]c2=O)cc1=O. The number of aromatic amines is 1. The molecule has 0 aliphatic heterocycles. The zero-order valence-electron chi connectivity index (χ0n) is 10.5. The fourth-order valence-electron chi connectivity index (χ4n) is 1.61. The van der Waals surface area contributed by atoms with Crippen molar-refractivity contribution < 1.29 is 5.03 Å². The van der Waals surface area contributed by atoms with Gasteiger partial charge in [-0.2, -0.15) is 0 Å². The van der Waals surface area contributed by atoms with Gasteiger partial charge in [-0.25, -0.2) is 15.1 Å². The lowest BCUT2D eigenvalue weighted by Gasteiger charge is -2.03. The van der Waals surface area contributed by atoms with E-state index >= 15 is 0 Å². The van der Waals surface area contributed by atoms with Gasteiger partial charge in [-0.05, 0) is 11.6 Å². The molecule has 0 aliphatic rings. The maximum Gasteiger partial charge on any atom is 0.265 e. The summed E-state index contributed by atoms with van der Waals surface area (Å²) in [6, 6.07) is 3.13. The average molecular weight is 277 g/mol. The molecule has 2 aromatic rings. The highest BCUT2D eigenvalue weighted by Gasteiger charge is 2.07. The van der Waals surface area contributed by atoms with Crippen LogP contribution in [-0.2, 0) is 13.5 Å². The van der Waals surface area contributed by atoms with Crippen LogP contribution in [0.25, 0.3) is 0 Å². The van der Waals surface area contributed by atoms with Crippen LogP contribution >= 0.6 is 0 Å². The molecule has 0 unspecified atom stereocenters. The molecule has 0 aliphatic carbocycles. The Hall–Kier alpha value is -2.97. The zero-order chi connectivity index (χ0) is 14.7. The second kappa shape index (κ2) is 5.34. The first kappa shape index (κ1) is 13.5. The van der Waals surface area contributed by atoms with Crippen LogP contribution in [0, 0.1) is 10.1 Å². The molecule has 0 radical (unpaired) electrons. The van der Waals surface area contributed by atoms with Gasteiger partial charge in [0, 0.05) is 37.5 Å². The predicted octanol–water partition coefficient (Wildman–Crippen LogP) is -0.337. The van der Waals surface area contributed by atoms with Gasteiger partial charge in [0.1, 0.15) is 0 Å². The van der Waals surface area contributed by atoms with Crippen LogP contribution < -0.4 is 16.5 Å². The summed E-state index contributed by atoms with van der Waals surface area (Å²) in [4.78, 5) is 39.4. The summed E-state index contributed by atoms with van der Waals surface area (Å²) < 4.78 is 1.41. The van der Waals surface area contributed by atoms with E-state index in [9.17, 15) is 19.7 Å². The fourth-order valence-corrected chi connectivity index (χ4v) is 1.61. The Morgan fingerprint density at radius 2 is 2.25 bits per heavy atom. The van der Waals surface area contributed by atoms with Gasteiger partial charge >= 0.3 is 0 Å². The molecule has 2 rings (SSSR count). The number of hydrazine groups is 1. The van der Waals surface area contributed by atoms with Gasteiger partial charge in [0.05, 0.1) is 0 Å². The first-order valence-electron chi connectivity index (χ1n) is 5.60. The van der Waals surface area contributed by atoms with Crippen LogP contribution in [0.5, 0.6) is 0 Å². The molecular formula is C11H11N5O4. The standard InChI is InChI=1S/C11H11N5O4/c1-15-3-2-7(5-9(15)17)4-8-6-12-11(13-10(8)18)14-16(19)20/h2-3,5-6H,4H2,1H3,(H2,12,13,14,18). The lowest BCUT2D eigenvalue weighted by molar-refractivity contribution is -0.446. The third-order valence-electron chi connectivity index (χ3n) is 2.63. The van der Waals surface area contributed by atoms with Crippen LogP contribution in [-0.4, -0.2) is 19.6 Å². The molecule has 2 heterocycles. The minimum atomic E-state index is -0.821. The normalized spacial score (nSPS) is 10.2. The van der Waals surface area contributed by atoms with Crippen molar-refractivity contribution in [3.8, 4) is 0 Å². The zero-order valence-corrected chi connectivity index (χ0v) is 10.5. The Balaban J connectivity index is 2.25. The van der Waals surface area contributed by atoms with Crippen molar-refractivity contribution in [3.05, 3.63) is 66.5 Å². The summed E-state index contributed by atoms with van der Waals surface area (Å²) in [7, 11) is 1.62. The minimum absolute atomic E-state index is 0.182. The van der Waals surface area contributed by atoms with Crippen molar-refractivity contribution in [2.24, 2.45) is 7.05 Å². The molecule has 2 N–H and O–H groups in total. The minimum Gasteiger partial charge on any atom is -0.319 e. The molecule has 9 heteroatoms. The molecule has 0 saturated carbocycles. The van der Waals surface area contributed by atoms with Crippen LogP contribution in [0.15, 0.2) is 34.1 Å². The van der Waals surface area contributed by atoms with Crippen LogP contribution in [0.2, 0.25) is 0 Å². The van der Waals surface area contributed by atoms with Gasteiger partial charge in [0.2, 0.25) is 0 Å². The molecule has 0 spiro atoms. The number of nitro groups is 1. The number of nitrogens with zero attached hydrogens (tertiary/aromatic N) is 3. The summed E-state index contributed by atoms with van der Waals surface area (Å²) in [6.07, 6.45) is 3.06. The van der Waals surface area contributed by atoms with Crippen molar-refractivity contribution in [3.63, 3.8) is 0 Å². The Labute approximate surface area is 112 Å². The number of anilines is 1. The quantitative estimate of drug-likeness (QED) is 0.582. The van der Waals surface area contributed by atoms with Crippen molar-refractivity contribution in [2.75, 3.05) is 5.43 Å². The molecule has 104 valence electrons. The van der Waals surface area contributed by atoms with Gasteiger partial charge in [-0.1, -0.05) is 5.43 Å². The van der Waals surface area contributed by atoms with E-state index in [1.807, 2.05) is 0 Å². The molecule has 0 aromatic carbocycles. The van der Waals surface area contributed by atoms with Crippen molar-refractivity contribution >= 4 is 5.95 Å². The predicted molar refractivity (Wildman–Crippen MR) is 70.0 cm³/mol. The van der Waals surface area contributed by atoms with Crippen LogP contribution in [0.1, 0.15) is 11.1 Å². The Morgan fingerprint density at radius 3 is 2.85 bits per heavy atom. The molecule has 0 fully saturated rings. The lowest BCUT2D eigenvalue weighted by Crippen LogP contribution is -2.20. The molecule has 0 bridgehead atoms. The second-order valence-electron chi connectivity index (χ2n) is 4.12. The van der Waals surface area contributed by atoms with Gasteiger partial charge in [0.25, 0.3) is 17.1 Å². The number of hydrogen-bond acceptors (Lipinski definition) is 5. The number of pyridine rings is 1. The monoisotopic (exact) mass is 277 g/mol. The fraction of sp³-hybridized carbons (Fsp3) is 0.182. The number of nitrogens with one attached hydrogen (secondary N) is 2.